The molecular formula is C10H15N3O2. The van der Waals surface area contributed by atoms with Crippen molar-refractivity contribution in [1.82, 2.24) is 14.5 Å². The highest BCUT2D eigenvalue weighted by molar-refractivity contribution is 5.69. The fourth-order valence-electron chi connectivity index (χ4n) is 1.80. The maximum absolute atomic E-state index is 11.5. The molecule has 1 atom stereocenters. The highest BCUT2D eigenvalue weighted by Gasteiger charge is 2.22. The Labute approximate surface area is 88.7 Å². The number of aromatic nitrogens is 2. The second-order valence-corrected chi connectivity index (χ2v) is 3.82. The molecule has 5 nitrogen and oxygen atoms in total. The van der Waals surface area contributed by atoms with Gasteiger partial charge in [0.25, 0.3) is 0 Å². The van der Waals surface area contributed by atoms with Gasteiger partial charge in [0, 0.05) is 18.4 Å². The lowest BCUT2D eigenvalue weighted by atomic mass is 10.2. The van der Waals surface area contributed by atoms with E-state index in [4.69, 9.17) is 4.74 Å². The van der Waals surface area contributed by atoms with Crippen molar-refractivity contribution in [3.8, 4) is 0 Å². The SMILES string of the molecule is CN1CCC[C@H]1COC(=O)n1ccnc1. The third kappa shape index (κ3) is 2.36. The molecular weight excluding hydrogens is 194 g/mol. The summed E-state index contributed by atoms with van der Waals surface area (Å²) in [6.07, 6.45) is 6.52. The van der Waals surface area contributed by atoms with Gasteiger partial charge in [-0.3, -0.25) is 0 Å². The van der Waals surface area contributed by atoms with Gasteiger partial charge in [-0.15, -0.1) is 0 Å². The van der Waals surface area contributed by atoms with E-state index in [9.17, 15) is 4.79 Å². The van der Waals surface area contributed by atoms with Crippen molar-refractivity contribution in [3.05, 3.63) is 18.7 Å². The van der Waals surface area contributed by atoms with Crippen LogP contribution in [0.3, 0.4) is 0 Å². The molecule has 1 aromatic rings. The Hall–Kier alpha value is -1.36. The fourth-order valence-corrected chi connectivity index (χ4v) is 1.80. The number of ether oxygens (including phenoxy) is 1. The zero-order chi connectivity index (χ0) is 10.7. The number of nitrogens with zero attached hydrogens (tertiary/aromatic N) is 3. The van der Waals surface area contributed by atoms with Gasteiger partial charge >= 0.3 is 6.09 Å². The van der Waals surface area contributed by atoms with Crippen LogP contribution < -0.4 is 0 Å². The summed E-state index contributed by atoms with van der Waals surface area (Å²) in [6.45, 7) is 1.56. The number of likely N-dealkylation sites (N-methyl/N-ethyl adjacent to an activating group) is 1. The van der Waals surface area contributed by atoms with Gasteiger partial charge in [0.15, 0.2) is 0 Å². The van der Waals surface area contributed by atoms with Gasteiger partial charge in [-0.1, -0.05) is 0 Å². The molecule has 1 aliphatic heterocycles. The summed E-state index contributed by atoms with van der Waals surface area (Å²) in [5.74, 6) is 0. The van der Waals surface area contributed by atoms with Gasteiger partial charge in [-0.25, -0.2) is 14.3 Å². The molecule has 82 valence electrons. The highest BCUT2D eigenvalue weighted by atomic mass is 16.5. The summed E-state index contributed by atoms with van der Waals surface area (Å²) in [4.78, 5) is 17.5. The topological polar surface area (TPSA) is 47.4 Å². The molecule has 2 rings (SSSR count). The minimum atomic E-state index is -0.354. The Morgan fingerprint density at radius 3 is 3.13 bits per heavy atom. The smallest absolute Gasteiger partial charge is 0.419 e. The van der Waals surface area contributed by atoms with E-state index in [1.807, 2.05) is 0 Å². The quantitative estimate of drug-likeness (QED) is 0.728. The molecule has 0 N–H and O–H groups in total. The molecule has 15 heavy (non-hydrogen) atoms. The molecule has 0 aromatic carbocycles. The highest BCUT2D eigenvalue weighted by Crippen LogP contribution is 2.14. The number of rotatable bonds is 2. The van der Waals surface area contributed by atoms with Gasteiger partial charge in [-0.2, -0.15) is 0 Å². The summed E-state index contributed by atoms with van der Waals surface area (Å²) in [5.41, 5.74) is 0. The Balaban J connectivity index is 1.81. The molecule has 5 heteroatoms. The second kappa shape index (κ2) is 4.44. The zero-order valence-corrected chi connectivity index (χ0v) is 8.80. The summed E-state index contributed by atoms with van der Waals surface area (Å²) in [6, 6.07) is 0.373. The third-order valence-corrected chi connectivity index (χ3v) is 2.79. The maximum atomic E-state index is 11.5. The Morgan fingerprint density at radius 1 is 1.67 bits per heavy atom. The van der Waals surface area contributed by atoms with Gasteiger partial charge < -0.3 is 9.64 Å². The standard InChI is InChI=1S/C10H15N3O2/c1-12-5-2-3-9(12)7-15-10(14)13-6-4-11-8-13/h4,6,8-9H,2-3,5,7H2,1H3/t9-/m0/s1. The largest absolute Gasteiger partial charge is 0.447 e. The van der Waals surface area contributed by atoms with Crippen LogP contribution in [0.5, 0.6) is 0 Å². The van der Waals surface area contributed by atoms with Crippen LogP contribution in [0.25, 0.3) is 0 Å². The van der Waals surface area contributed by atoms with E-state index in [0.29, 0.717) is 12.6 Å². The first-order valence-electron chi connectivity index (χ1n) is 5.12. The van der Waals surface area contributed by atoms with E-state index in [2.05, 4.69) is 16.9 Å². The first-order valence-corrected chi connectivity index (χ1v) is 5.12. The summed E-state index contributed by atoms with van der Waals surface area (Å²) >= 11 is 0. The van der Waals surface area contributed by atoms with Crippen molar-refractivity contribution in [2.24, 2.45) is 0 Å². The van der Waals surface area contributed by atoms with Crippen LogP contribution in [-0.2, 0) is 4.74 Å². The van der Waals surface area contributed by atoms with Gasteiger partial charge in [0.1, 0.15) is 12.9 Å². The van der Waals surface area contributed by atoms with Gasteiger partial charge in [0.2, 0.25) is 0 Å². The Bertz CT molecular complexity index is 323. The van der Waals surface area contributed by atoms with Crippen LogP contribution >= 0.6 is 0 Å². The number of likely N-dealkylation sites (tertiary alicyclic amines) is 1. The minimum Gasteiger partial charge on any atom is -0.447 e. The van der Waals surface area contributed by atoms with Crippen molar-refractivity contribution in [3.63, 3.8) is 0 Å². The summed E-state index contributed by atoms with van der Waals surface area (Å²) < 4.78 is 6.53. The average Bonchev–Trinajstić information content (AvgIpc) is 2.85. The van der Waals surface area contributed by atoms with Crippen LogP contribution in [0.1, 0.15) is 12.8 Å². The molecule has 1 aromatic heterocycles. The van der Waals surface area contributed by atoms with Crippen molar-refractivity contribution in [2.45, 2.75) is 18.9 Å². The molecule has 1 fully saturated rings. The Kier molecular flexibility index (Phi) is 3.01. The molecule has 2 heterocycles. The maximum Gasteiger partial charge on any atom is 0.419 e. The average molecular weight is 209 g/mol. The van der Waals surface area contributed by atoms with E-state index >= 15 is 0 Å². The lowest BCUT2D eigenvalue weighted by Crippen LogP contribution is -2.31. The molecule has 0 saturated carbocycles. The molecule has 0 spiro atoms. The number of hydrogen-bond donors (Lipinski definition) is 0. The van der Waals surface area contributed by atoms with Gasteiger partial charge in [0.05, 0.1) is 0 Å². The van der Waals surface area contributed by atoms with Gasteiger partial charge in [-0.05, 0) is 26.4 Å². The lowest BCUT2D eigenvalue weighted by Gasteiger charge is -2.18. The summed E-state index contributed by atoms with van der Waals surface area (Å²) in [7, 11) is 2.06. The van der Waals surface area contributed by atoms with Crippen molar-refractivity contribution < 1.29 is 9.53 Å². The number of hydrogen-bond acceptors (Lipinski definition) is 4. The van der Waals surface area contributed by atoms with E-state index < -0.39 is 0 Å². The number of imidazole rings is 1. The van der Waals surface area contributed by atoms with Crippen LogP contribution in [0.2, 0.25) is 0 Å². The predicted molar refractivity (Wildman–Crippen MR) is 54.6 cm³/mol. The molecule has 0 aliphatic carbocycles. The van der Waals surface area contributed by atoms with E-state index in [1.165, 1.54) is 17.3 Å². The number of carbonyl (C=O) groups is 1. The molecule has 0 radical (unpaired) electrons. The molecule has 1 saturated heterocycles. The second-order valence-electron chi connectivity index (χ2n) is 3.82. The normalized spacial score (nSPS) is 21.8. The minimum absolute atomic E-state index is 0.354. The predicted octanol–water partition coefficient (Wildman–Crippen LogP) is 0.962. The first kappa shape index (κ1) is 10.2. The van der Waals surface area contributed by atoms with Crippen LogP contribution in [0.15, 0.2) is 18.7 Å². The van der Waals surface area contributed by atoms with E-state index in [0.717, 1.165) is 13.0 Å². The monoisotopic (exact) mass is 209 g/mol. The molecule has 0 bridgehead atoms. The third-order valence-electron chi connectivity index (χ3n) is 2.79. The van der Waals surface area contributed by atoms with Crippen LogP contribution in [0.4, 0.5) is 4.79 Å². The molecule has 0 unspecified atom stereocenters. The van der Waals surface area contributed by atoms with Crippen LogP contribution in [-0.4, -0.2) is 46.8 Å². The summed E-state index contributed by atoms with van der Waals surface area (Å²) in [5, 5.41) is 0. The fraction of sp³-hybridized carbons (Fsp3) is 0.600. The van der Waals surface area contributed by atoms with Crippen LogP contribution in [0, 0.1) is 0 Å². The Morgan fingerprint density at radius 2 is 2.53 bits per heavy atom. The lowest BCUT2D eigenvalue weighted by molar-refractivity contribution is 0.116. The first-order chi connectivity index (χ1) is 7.27. The van der Waals surface area contributed by atoms with Crippen molar-refractivity contribution in [1.29, 1.82) is 0 Å². The zero-order valence-electron chi connectivity index (χ0n) is 8.80. The van der Waals surface area contributed by atoms with E-state index in [-0.39, 0.29) is 6.09 Å². The van der Waals surface area contributed by atoms with Crippen molar-refractivity contribution >= 4 is 6.09 Å². The van der Waals surface area contributed by atoms with E-state index in [1.54, 1.807) is 12.4 Å². The molecule has 1 aliphatic rings. The molecule has 0 amide bonds. The number of carbonyl (C=O) groups excluding carboxylic acids is 1. The van der Waals surface area contributed by atoms with Crippen molar-refractivity contribution in [2.75, 3.05) is 20.2 Å².